The van der Waals surface area contributed by atoms with E-state index in [2.05, 4.69) is 0 Å². The van der Waals surface area contributed by atoms with Crippen LogP contribution < -0.4 is 0 Å². The first kappa shape index (κ1) is 16.7. The van der Waals surface area contributed by atoms with Gasteiger partial charge in [0.2, 0.25) is 0 Å². The summed E-state index contributed by atoms with van der Waals surface area (Å²) in [6.07, 6.45) is 0.154. The Labute approximate surface area is 122 Å². The third-order valence-corrected chi connectivity index (χ3v) is 2.72. The van der Waals surface area contributed by atoms with Crippen molar-refractivity contribution in [2.24, 2.45) is 0 Å². The van der Waals surface area contributed by atoms with Crippen LogP contribution in [0.15, 0.2) is 18.2 Å². The van der Waals surface area contributed by atoms with Crippen LogP contribution in [0.5, 0.6) is 0 Å². The van der Waals surface area contributed by atoms with Gasteiger partial charge in [-0.05, 0) is 31.9 Å². The molecule has 6 nitrogen and oxygen atoms in total. The largest absolute Gasteiger partial charge is 0.481 e. The highest BCUT2D eigenvalue weighted by Gasteiger charge is 2.13. The average molecular weight is 294 g/mol. The molecule has 0 aromatic heterocycles. The van der Waals surface area contributed by atoms with Gasteiger partial charge in [0.05, 0.1) is 12.2 Å². The number of carbonyl (C=O) groups excluding carboxylic acids is 2. The summed E-state index contributed by atoms with van der Waals surface area (Å²) in [7, 11) is 0. The second-order valence-electron chi connectivity index (χ2n) is 4.61. The van der Waals surface area contributed by atoms with Gasteiger partial charge in [-0.2, -0.15) is 0 Å². The van der Waals surface area contributed by atoms with E-state index in [9.17, 15) is 14.4 Å². The molecule has 0 amide bonds. The third-order valence-electron chi connectivity index (χ3n) is 2.72. The molecule has 1 rings (SSSR count). The average Bonchev–Trinajstić information content (AvgIpc) is 2.40. The molecule has 0 saturated carbocycles. The lowest BCUT2D eigenvalue weighted by atomic mass is 10.1. The fraction of sp³-hybridized carbons (Fsp3) is 0.400. The molecule has 0 unspecified atom stereocenters. The van der Waals surface area contributed by atoms with E-state index in [0.29, 0.717) is 5.56 Å². The Kier molecular flexibility index (Phi) is 6.39. The van der Waals surface area contributed by atoms with Crippen LogP contribution in [0.3, 0.4) is 0 Å². The molecule has 0 saturated heterocycles. The van der Waals surface area contributed by atoms with Crippen molar-refractivity contribution < 1.29 is 29.0 Å². The molecule has 0 spiro atoms. The fourth-order valence-corrected chi connectivity index (χ4v) is 1.70. The normalized spacial score (nSPS) is 10.0. The van der Waals surface area contributed by atoms with E-state index < -0.39 is 24.5 Å². The number of carbonyl (C=O) groups is 3. The molecule has 0 atom stereocenters. The maximum Gasteiger partial charge on any atom is 0.344 e. The van der Waals surface area contributed by atoms with Crippen LogP contribution in [0.25, 0.3) is 0 Å². The van der Waals surface area contributed by atoms with E-state index in [-0.39, 0.29) is 19.4 Å². The maximum absolute atomic E-state index is 11.8. The van der Waals surface area contributed by atoms with E-state index in [4.69, 9.17) is 14.6 Å². The van der Waals surface area contributed by atoms with Gasteiger partial charge in [0.1, 0.15) is 0 Å². The monoisotopic (exact) mass is 294 g/mol. The minimum Gasteiger partial charge on any atom is -0.481 e. The number of esters is 2. The van der Waals surface area contributed by atoms with Gasteiger partial charge in [0, 0.05) is 6.42 Å². The summed E-state index contributed by atoms with van der Waals surface area (Å²) in [6.45, 7) is 3.20. The van der Waals surface area contributed by atoms with E-state index in [0.717, 1.165) is 11.1 Å². The second-order valence-corrected chi connectivity index (χ2v) is 4.61. The molecular formula is C15H18O6. The molecule has 0 heterocycles. The maximum atomic E-state index is 11.8. The summed E-state index contributed by atoms with van der Waals surface area (Å²) >= 11 is 0. The summed E-state index contributed by atoms with van der Waals surface area (Å²) in [4.78, 5) is 33.4. The number of carboxylic acid groups (broad SMARTS) is 1. The van der Waals surface area contributed by atoms with Crippen LogP contribution >= 0.6 is 0 Å². The minimum atomic E-state index is -0.952. The van der Waals surface area contributed by atoms with Crippen molar-refractivity contribution in [3.63, 3.8) is 0 Å². The summed E-state index contributed by atoms with van der Waals surface area (Å²) in [6, 6.07) is 5.28. The Balaban J connectivity index is 2.35. The van der Waals surface area contributed by atoms with E-state index >= 15 is 0 Å². The van der Waals surface area contributed by atoms with Gasteiger partial charge in [-0.25, -0.2) is 9.59 Å². The van der Waals surface area contributed by atoms with Crippen molar-refractivity contribution in [3.8, 4) is 0 Å². The molecule has 114 valence electrons. The zero-order valence-electron chi connectivity index (χ0n) is 12.0. The molecular weight excluding hydrogens is 276 g/mol. The highest BCUT2D eigenvalue weighted by atomic mass is 16.6. The zero-order valence-corrected chi connectivity index (χ0v) is 12.0. The molecule has 0 aliphatic rings. The van der Waals surface area contributed by atoms with Gasteiger partial charge in [-0.3, -0.25) is 4.79 Å². The summed E-state index contributed by atoms with van der Waals surface area (Å²) in [5.74, 6) is -2.24. The number of aryl methyl sites for hydroxylation is 2. The first-order valence-electron chi connectivity index (χ1n) is 6.52. The van der Waals surface area contributed by atoms with Crippen LogP contribution in [0.4, 0.5) is 0 Å². The Morgan fingerprint density at radius 1 is 1.14 bits per heavy atom. The summed E-state index contributed by atoms with van der Waals surface area (Å²) in [5.41, 5.74) is 2.20. The predicted octanol–water partition coefficient (Wildman–Crippen LogP) is 1.87. The Morgan fingerprint density at radius 2 is 1.86 bits per heavy atom. The number of hydrogen-bond donors (Lipinski definition) is 1. The first-order valence-corrected chi connectivity index (χ1v) is 6.52. The van der Waals surface area contributed by atoms with Crippen LogP contribution in [-0.4, -0.2) is 36.2 Å². The summed E-state index contributed by atoms with van der Waals surface area (Å²) < 4.78 is 9.61. The molecule has 0 aliphatic heterocycles. The zero-order chi connectivity index (χ0) is 15.8. The van der Waals surface area contributed by atoms with Crippen LogP contribution in [0, 0.1) is 13.8 Å². The van der Waals surface area contributed by atoms with Crippen LogP contribution in [-0.2, 0) is 19.1 Å². The predicted molar refractivity (Wildman–Crippen MR) is 74.0 cm³/mol. The summed E-state index contributed by atoms with van der Waals surface area (Å²) in [5, 5.41) is 8.42. The van der Waals surface area contributed by atoms with Crippen LogP contribution in [0.1, 0.15) is 34.3 Å². The molecule has 0 aliphatic carbocycles. The number of rotatable bonds is 7. The molecule has 1 N–H and O–H groups in total. The van der Waals surface area contributed by atoms with E-state index in [1.54, 1.807) is 19.1 Å². The smallest absolute Gasteiger partial charge is 0.344 e. The molecule has 1 aromatic carbocycles. The molecule has 6 heteroatoms. The Bertz CT molecular complexity index is 535. The third kappa shape index (κ3) is 6.07. The van der Waals surface area contributed by atoms with Gasteiger partial charge in [0.15, 0.2) is 6.61 Å². The lowest BCUT2D eigenvalue weighted by Gasteiger charge is -2.08. The highest BCUT2D eigenvalue weighted by Crippen LogP contribution is 2.11. The molecule has 0 bridgehead atoms. The second kappa shape index (κ2) is 8.04. The minimum absolute atomic E-state index is 0.00770. The van der Waals surface area contributed by atoms with Gasteiger partial charge >= 0.3 is 17.9 Å². The van der Waals surface area contributed by atoms with Crippen molar-refractivity contribution in [1.29, 1.82) is 0 Å². The van der Waals surface area contributed by atoms with Gasteiger partial charge < -0.3 is 14.6 Å². The molecule has 1 aromatic rings. The van der Waals surface area contributed by atoms with Crippen molar-refractivity contribution in [3.05, 3.63) is 34.9 Å². The first-order chi connectivity index (χ1) is 9.90. The van der Waals surface area contributed by atoms with Crippen molar-refractivity contribution in [2.75, 3.05) is 13.2 Å². The number of carboxylic acids is 1. The molecule has 0 radical (unpaired) electrons. The quantitative estimate of drug-likeness (QED) is 0.610. The van der Waals surface area contributed by atoms with Crippen molar-refractivity contribution >= 4 is 17.9 Å². The number of ether oxygens (including phenoxy) is 2. The lowest BCUT2D eigenvalue weighted by molar-refractivity contribution is -0.148. The lowest BCUT2D eigenvalue weighted by Crippen LogP contribution is -2.18. The number of hydrogen-bond acceptors (Lipinski definition) is 5. The molecule has 21 heavy (non-hydrogen) atoms. The highest BCUT2D eigenvalue weighted by molar-refractivity contribution is 5.92. The van der Waals surface area contributed by atoms with Crippen molar-refractivity contribution in [2.45, 2.75) is 26.7 Å². The SMILES string of the molecule is Cc1ccc(C(=O)OCC(=O)OCCCC(=O)O)c(C)c1. The topological polar surface area (TPSA) is 89.9 Å². The van der Waals surface area contributed by atoms with Crippen molar-refractivity contribution in [1.82, 2.24) is 0 Å². The van der Waals surface area contributed by atoms with E-state index in [1.165, 1.54) is 0 Å². The Hall–Kier alpha value is -2.37. The number of aliphatic carboxylic acids is 1. The Morgan fingerprint density at radius 3 is 2.48 bits per heavy atom. The van der Waals surface area contributed by atoms with E-state index in [1.807, 2.05) is 13.0 Å². The molecule has 0 fully saturated rings. The fourth-order valence-electron chi connectivity index (χ4n) is 1.70. The van der Waals surface area contributed by atoms with Crippen LogP contribution in [0.2, 0.25) is 0 Å². The van der Waals surface area contributed by atoms with Gasteiger partial charge in [-0.15, -0.1) is 0 Å². The standard InChI is InChI=1S/C15H18O6/c1-10-5-6-12(11(2)8-10)15(19)21-9-14(18)20-7-3-4-13(16)17/h5-6,8H,3-4,7,9H2,1-2H3,(H,16,17). The van der Waals surface area contributed by atoms with Gasteiger partial charge in [-0.1, -0.05) is 17.7 Å². The number of benzene rings is 1. The van der Waals surface area contributed by atoms with Gasteiger partial charge in [0.25, 0.3) is 0 Å².